The van der Waals surface area contributed by atoms with E-state index in [0.29, 0.717) is 31.7 Å². The monoisotopic (exact) mass is 488 g/mol. The van der Waals surface area contributed by atoms with E-state index in [-0.39, 0.29) is 17.8 Å². The maximum Gasteiger partial charge on any atom is 0.327 e. The highest BCUT2D eigenvalue weighted by atomic mass is 16.8. The first-order chi connectivity index (χ1) is 17.5. The third-order valence-electron chi connectivity index (χ3n) is 7.37. The van der Waals surface area contributed by atoms with E-state index < -0.39 is 12.3 Å². The Bertz CT molecular complexity index is 1340. The summed E-state index contributed by atoms with van der Waals surface area (Å²) in [7, 11) is 1.55. The first-order valence-corrected chi connectivity index (χ1v) is 12.4. The number of hydrogen-bond acceptors (Lipinski definition) is 5. The van der Waals surface area contributed by atoms with Crippen LogP contribution >= 0.6 is 0 Å². The van der Waals surface area contributed by atoms with Crippen molar-refractivity contribution in [3.05, 3.63) is 70.9 Å². The Morgan fingerprint density at radius 2 is 1.92 bits per heavy atom. The molecular formula is C27H28N4O5. The lowest BCUT2D eigenvalue weighted by atomic mass is 9.98. The molecule has 3 aliphatic rings. The van der Waals surface area contributed by atoms with Crippen LogP contribution in [0.3, 0.4) is 0 Å². The molecule has 1 aromatic heterocycles. The van der Waals surface area contributed by atoms with Gasteiger partial charge in [0.05, 0.1) is 5.69 Å². The van der Waals surface area contributed by atoms with Crippen molar-refractivity contribution in [3.8, 4) is 0 Å². The van der Waals surface area contributed by atoms with Gasteiger partial charge in [-0.3, -0.25) is 14.5 Å². The number of rotatable bonds is 5. The quantitative estimate of drug-likeness (QED) is 0.439. The number of benzene rings is 2. The van der Waals surface area contributed by atoms with Gasteiger partial charge in [-0.15, -0.1) is 0 Å². The molecule has 3 aliphatic heterocycles. The van der Waals surface area contributed by atoms with Gasteiger partial charge in [0.15, 0.2) is 12.3 Å². The third-order valence-corrected chi connectivity index (χ3v) is 7.37. The van der Waals surface area contributed by atoms with E-state index in [1.165, 1.54) is 4.90 Å². The lowest BCUT2D eigenvalue weighted by Gasteiger charge is -2.29. The van der Waals surface area contributed by atoms with Gasteiger partial charge in [-0.25, -0.2) is 15.1 Å². The number of urea groups is 1. The molecular weight excluding hydrogens is 460 g/mol. The zero-order chi connectivity index (χ0) is 24.8. The summed E-state index contributed by atoms with van der Waals surface area (Å²) in [6, 6.07) is 14.6. The van der Waals surface area contributed by atoms with Crippen molar-refractivity contribution in [2.75, 3.05) is 20.2 Å². The van der Waals surface area contributed by atoms with Crippen molar-refractivity contribution in [2.24, 2.45) is 0 Å². The molecule has 2 saturated heterocycles. The molecule has 0 bridgehead atoms. The number of ether oxygens (including phenoxy) is 1. The summed E-state index contributed by atoms with van der Waals surface area (Å²) in [6.07, 6.45) is 3.09. The molecule has 36 heavy (non-hydrogen) atoms. The molecule has 0 spiro atoms. The lowest BCUT2D eigenvalue weighted by molar-refractivity contribution is -0.186. The lowest BCUT2D eigenvalue weighted by Crippen LogP contribution is -2.36. The normalized spacial score (nSPS) is 21.6. The molecule has 4 amide bonds. The number of hydroxylamine groups is 1. The van der Waals surface area contributed by atoms with E-state index in [1.807, 2.05) is 24.3 Å². The predicted octanol–water partition coefficient (Wildman–Crippen LogP) is 3.37. The maximum atomic E-state index is 13.1. The van der Waals surface area contributed by atoms with Gasteiger partial charge in [-0.2, -0.15) is 0 Å². The van der Waals surface area contributed by atoms with Crippen LogP contribution in [0.25, 0.3) is 10.9 Å². The number of para-hydroxylation sites is 1. The standard InChI is InChI=1S/C27H28N4O5/c1-29-26(33)24-23-20(13-14-30(24)27(29)34)19-6-2-3-7-21(19)31(23)16-17-9-11-18(12-10-17)25(32)28-36-22-8-4-5-15-35-22/h2-3,6-7,9-12,22,24H,4-5,8,13-16H2,1H3,(H,28,32). The Labute approximate surface area is 208 Å². The van der Waals surface area contributed by atoms with Crippen LogP contribution in [0.5, 0.6) is 0 Å². The fourth-order valence-electron chi connectivity index (χ4n) is 5.50. The Morgan fingerprint density at radius 3 is 2.69 bits per heavy atom. The van der Waals surface area contributed by atoms with Gasteiger partial charge in [-0.1, -0.05) is 30.3 Å². The number of carbonyl (C=O) groups is 3. The van der Waals surface area contributed by atoms with Gasteiger partial charge in [-0.05, 0) is 48.6 Å². The van der Waals surface area contributed by atoms with Crippen LogP contribution in [0.2, 0.25) is 0 Å². The first kappa shape index (κ1) is 22.8. The van der Waals surface area contributed by atoms with Gasteiger partial charge in [0.2, 0.25) is 0 Å². The molecule has 186 valence electrons. The van der Waals surface area contributed by atoms with Gasteiger partial charge in [0, 0.05) is 49.6 Å². The van der Waals surface area contributed by atoms with Crippen molar-refractivity contribution < 1.29 is 24.0 Å². The predicted molar refractivity (Wildman–Crippen MR) is 131 cm³/mol. The van der Waals surface area contributed by atoms with Crippen LogP contribution in [0, 0.1) is 0 Å². The molecule has 2 fully saturated rings. The maximum absolute atomic E-state index is 13.1. The van der Waals surface area contributed by atoms with Crippen LogP contribution in [0.4, 0.5) is 4.79 Å². The third kappa shape index (κ3) is 3.75. The fraction of sp³-hybridized carbons (Fsp3) is 0.370. The van der Waals surface area contributed by atoms with Crippen molar-refractivity contribution in [1.29, 1.82) is 0 Å². The van der Waals surface area contributed by atoms with Gasteiger partial charge in [0.1, 0.15) is 0 Å². The molecule has 2 aromatic carbocycles. The number of nitrogens with one attached hydrogen (secondary N) is 1. The molecule has 3 aromatic rings. The molecule has 4 heterocycles. The summed E-state index contributed by atoms with van der Waals surface area (Å²) in [5.41, 5.74) is 6.99. The number of fused-ring (bicyclic) bond motifs is 5. The Kier molecular flexibility index (Phi) is 5.73. The molecule has 2 unspecified atom stereocenters. The highest BCUT2D eigenvalue weighted by molar-refractivity contribution is 6.05. The molecule has 9 nitrogen and oxygen atoms in total. The number of nitrogens with zero attached hydrogens (tertiary/aromatic N) is 3. The highest BCUT2D eigenvalue weighted by Crippen LogP contribution is 2.41. The van der Waals surface area contributed by atoms with Crippen molar-refractivity contribution in [3.63, 3.8) is 0 Å². The Morgan fingerprint density at radius 1 is 1.11 bits per heavy atom. The minimum absolute atomic E-state index is 0.195. The van der Waals surface area contributed by atoms with Gasteiger partial charge >= 0.3 is 6.03 Å². The van der Waals surface area contributed by atoms with E-state index >= 15 is 0 Å². The average molecular weight is 489 g/mol. The molecule has 9 heteroatoms. The van der Waals surface area contributed by atoms with Crippen LogP contribution in [0.15, 0.2) is 48.5 Å². The van der Waals surface area contributed by atoms with Gasteiger partial charge < -0.3 is 14.2 Å². The van der Waals surface area contributed by atoms with Crippen LogP contribution in [-0.4, -0.2) is 58.7 Å². The second-order valence-electron chi connectivity index (χ2n) is 9.53. The van der Waals surface area contributed by atoms with Gasteiger partial charge in [0.25, 0.3) is 11.8 Å². The Hall–Kier alpha value is -3.69. The molecule has 6 rings (SSSR count). The zero-order valence-corrected chi connectivity index (χ0v) is 20.1. The SMILES string of the molecule is CN1C(=O)C2c3c(c4ccccc4n3Cc3ccc(C(=O)NOC4CCCCO4)cc3)CCN2C1=O. The summed E-state index contributed by atoms with van der Waals surface area (Å²) < 4.78 is 7.63. The fourth-order valence-corrected chi connectivity index (χ4v) is 5.50. The van der Waals surface area contributed by atoms with E-state index in [9.17, 15) is 14.4 Å². The first-order valence-electron chi connectivity index (χ1n) is 12.4. The summed E-state index contributed by atoms with van der Waals surface area (Å²) >= 11 is 0. The number of amides is 4. The highest BCUT2D eigenvalue weighted by Gasteiger charge is 2.48. The van der Waals surface area contributed by atoms with E-state index in [0.717, 1.165) is 47.0 Å². The Balaban J connectivity index is 1.27. The number of likely N-dealkylation sites (N-methyl/N-ethyl adjacent to an activating group) is 1. The van der Waals surface area contributed by atoms with E-state index in [1.54, 1.807) is 24.1 Å². The second kappa shape index (κ2) is 9.07. The molecule has 0 saturated carbocycles. The largest absolute Gasteiger partial charge is 0.350 e. The number of imide groups is 1. The van der Waals surface area contributed by atoms with Crippen LogP contribution in [-0.2, 0) is 27.3 Å². The minimum Gasteiger partial charge on any atom is -0.350 e. The van der Waals surface area contributed by atoms with Crippen molar-refractivity contribution >= 4 is 28.7 Å². The van der Waals surface area contributed by atoms with Crippen molar-refractivity contribution in [1.82, 2.24) is 19.8 Å². The van der Waals surface area contributed by atoms with Crippen LogP contribution < -0.4 is 5.48 Å². The van der Waals surface area contributed by atoms with E-state index in [4.69, 9.17) is 9.57 Å². The van der Waals surface area contributed by atoms with Crippen molar-refractivity contribution in [2.45, 2.75) is 44.6 Å². The summed E-state index contributed by atoms with van der Waals surface area (Å²) in [5.74, 6) is -0.521. The van der Waals surface area contributed by atoms with Crippen LogP contribution in [0.1, 0.15) is 52.5 Å². The van der Waals surface area contributed by atoms with E-state index in [2.05, 4.69) is 22.2 Å². The summed E-state index contributed by atoms with van der Waals surface area (Å²) in [6.45, 7) is 1.68. The topological polar surface area (TPSA) is 93.1 Å². The molecule has 0 radical (unpaired) electrons. The second-order valence-corrected chi connectivity index (χ2v) is 9.53. The minimum atomic E-state index is -0.608. The summed E-state index contributed by atoms with van der Waals surface area (Å²) in [5, 5.41) is 1.11. The molecule has 0 aliphatic carbocycles. The summed E-state index contributed by atoms with van der Waals surface area (Å²) in [4.78, 5) is 46.6. The smallest absolute Gasteiger partial charge is 0.327 e. The number of hydrogen-bond donors (Lipinski definition) is 1. The zero-order valence-electron chi connectivity index (χ0n) is 20.1. The average Bonchev–Trinajstić information content (AvgIpc) is 3.35. The molecule has 1 N–H and O–H groups in total. The number of aromatic nitrogens is 1. The number of carbonyl (C=O) groups excluding carboxylic acids is 3. The molecule has 2 atom stereocenters.